The second kappa shape index (κ2) is 8.98. The van der Waals surface area contributed by atoms with Crippen LogP contribution in [0.15, 0.2) is 60.0 Å². The van der Waals surface area contributed by atoms with Crippen LogP contribution in [0, 0.1) is 17.8 Å². The molecule has 3 aromatic heterocycles. The highest BCUT2D eigenvalue weighted by Gasteiger charge is 2.56. The number of hydrogen-bond acceptors (Lipinski definition) is 7. The van der Waals surface area contributed by atoms with Gasteiger partial charge in [0.1, 0.15) is 6.33 Å². The van der Waals surface area contributed by atoms with Gasteiger partial charge in [0, 0.05) is 61.4 Å². The third-order valence-corrected chi connectivity index (χ3v) is 7.70. The molecule has 9 nitrogen and oxygen atoms in total. The van der Waals surface area contributed by atoms with E-state index in [4.69, 9.17) is 0 Å². The van der Waals surface area contributed by atoms with Crippen LogP contribution >= 0.6 is 0 Å². The summed E-state index contributed by atoms with van der Waals surface area (Å²) in [6.07, 6.45) is 8.80. The van der Waals surface area contributed by atoms with Gasteiger partial charge in [0.2, 0.25) is 5.91 Å². The quantitative estimate of drug-likeness (QED) is 0.534. The first-order chi connectivity index (χ1) is 17.2. The van der Waals surface area contributed by atoms with E-state index in [1.165, 1.54) is 6.33 Å². The number of carbonyl (C=O) groups is 1. The van der Waals surface area contributed by atoms with Crippen LogP contribution in [0.25, 0.3) is 11.1 Å². The van der Waals surface area contributed by atoms with Crippen LogP contribution in [0.5, 0.6) is 0 Å². The molecule has 1 aliphatic carbocycles. The van der Waals surface area contributed by atoms with Crippen molar-refractivity contribution >= 4 is 5.91 Å². The molecule has 1 saturated carbocycles. The van der Waals surface area contributed by atoms with E-state index >= 15 is 0 Å². The molecule has 0 spiro atoms. The Morgan fingerprint density at radius 2 is 1.89 bits per heavy atom. The number of amides is 1. The van der Waals surface area contributed by atoms with E-state index in [9.17, 15) is 14.7 Å². The topological polar surface area (TPSA) is 113 Å². The lowest BCUT2D eigenvalue weighted by atomic mass is 9.88. The molecule has 3 aromatic rings. The molecule has 1 saturated heterocycles. The molecule has 5 heterocycles. The van der Waals surface area contributed by atoms with Gasteiger partial charge in [-0.1, -0.05) is 0 Å². The molecular weight excluding hydrogens is 444 g/mol. The summed E-state index contributed by atoms with van der Waals surface area (Å²) >= 11 is 0. The molecule has 4 atom stereocenters. The molecule has 1 amide bonds. The van der Waals surface area contributed by atoms with Gasteiger partial charge in [-0.05, 0) is 54.7 Å². The first kappa shape index (κ1) is 22.1. The van der Waals surface area contributed by atoms with Crippen molar-refractivity contribution in [2.24, 2.45) is 17.8 Å². The van der Waals surface area contributed by atoms with Gasteiger partial charge >= 0.3 is 0 Å². The normalized spacial score (nSPS) is 25.3. The van der Waals surface area contributed by atoms with Crippen molar-refractivity contribution in [3.63, 3.8) is 0 Å². The molecule has 35 heavy (non-hydrogen) atoms. The minimum atomic E-state index is -0.443. The van der Waals surface area contributed by atoms with Gasteiger partial charge in [-0.2, -0.15) is 0 Å². The van der Waals surface area contributed by atoms with Crippen LogP contribution in [0.3, 0.4) is 0 Å². The zero-order valence-corrected chi connectivity index (χ0v) is 19.3. The molecule has 180 valence electrons. The Morgan fingerprint density at radius 3 is 2.60 bits per heavy atom. The smallest absolute Gasteiger partial charge is 0.258 e. The maximum Gasteiger partial charge on any atom is 0.258 e. The Morgan fingerprint density at radius 1 is 1.09 bits per heavy atom. The van der Waals surface area contributed by atoms with Crippen molar-refractivity contribution in [3.8, 4) is 11.1 Å². The Balaban J connectivity index is 1.33. The monoisotopic (exact) mass is 472 g/mol. The van der Waals surface area contributed by atoms with Gasteiger partial charge < -0.3 is 15.0 Å². The predicted molar refractivity (Wildman–Crippen MR) is 128 cm³/mol. The number of aromatic nitrogens is 4. The Bertz CT molecular complexity index is 1280. The Kier molecular flexibility index (Phi) is 5.66. The van der Waals surface area contributed by atoms with E-state index in [-0.39, 0.29) is 36.0 Å². The first-order valence-corrected chi connectivity index (χ1v) is 12.2. The summed E-state index contributed by atoms with van der Waals surface area (Å²) < 4.78 is 1.85. The molecule has 6 rings (SSSR count). The molecule has 9 heteroatoms. The number of aliphatic hydroxyl groups is 1. The van der Waals surface area contributed by atoms with E-state index in [1.807, 2.05) is 28.8 Å². The predicted octanol–water partition coefficient (Wildman–Crippen LogP) is 1.39. The fourth-order valence-electron chi connectivity index (χ4n) is 5.87. The summed E-state index contributed by atoms with van der Waals surface area (Å²) in [7, 11) is 0. The fraction of sp³-hybridized carbons (Fsp3) is 0.423. The standard InChI is InChI=1S/C26H28N6O3/c33-14-21-20-13-31-22(4-3-19(26(31)35)17-5-8-27-9-6-17)23(20)32(12-16-1-2-16)24(21)25(34)29-11-18-7-10-28-15-30-18/h3-10,15-16,20-21,23-24,33H,1-2,11-14H2,(H,29,34)/t20-,21-,23+,24-/m1/s1. The van der Waals surface area contributed by atoms with Crippen molar-refractivity contribution in [2.45, 2.75) is 38.0 Å². The number of pyridine rings is 2. The minimum absolute atomic E-state index is 0.00561. The number of fused-ring (bicyclic) bond motifs is 3. The van der Waals surface area contributed by atoms with Crippen molar-refractivity contribution in [2.75, 3.05) is 13.2 Å². The fourth-order valence-corrected chi connectivity index (χ4v) is 5.87. The molecule has 0 radical (unpaired) electrons. The van der Waals surface area contributed by atoms with Gasteiger partial charge in [0.05, 0.1) is 24.3 Å². The summed E-state index contributed by atoms with van der Waals surface area (Å²) in [5.74, 6) is 0.198. The van der Waals surface area contributed by atoms with Crippen molar-refractivity contribution in [3.05, 3.63) is 77.0 Å². The number of nitrogens with zero attached hydrogens (tertiary/aromatic N) is 5. The van der Waals surface area contributed by atoms with Crippen LogP contribution < -0.4 is 10.9 Å². The zero-order valence-electron chi connectivity index (χ0n) is 19.3. The van der Waals surface area contributed by atoms with Gasteiger partial charge in [0.15, 0.2) is 0 Å². The summed E-state index contributed by atoms with van der Waals surface area (Å²) in [6, 6.07) is 8.86. The maximum absolute atomic E-state index is 13.5. The lowest BCUT2D eigenvalue weighted by Crippen LogP contribution is -2.48. The lowest BCUT2D eigenvalue weighted by Gasteiger charge is -2.31. The number of rotatable bonds is 7. The molecule has 3 aliphatic rings. The number of aliphatic hydroxyl groups excluding tert-OH is 1. The minimum Gasteiger partial charge on any atom is -0.396 e. The highest BCUT2D eigenvalue weighted by Crippen LogP contribution is 2.50. The highest BCUT2D eigenvalue weighted by atomic mass is 16.3. The first-order valence-electron chi connectivity index (χ1n) is 12.2. The van der Waals surface area contributed by atoms with Crippen LogP contribution in [-0.4, -0.2) is 54.6 Å². The Hall–Kier alpha value is -3.43. The zero-order chi connectivity index (χ0) is 23.9. The van der Waals surface area contributed by atoms with Crippen LogP contribution in [0.1, 0.15) is 30.3 Å². The van der Waals surface area contributed by atoms with E-state index in [1.54, 1.807) is 24.7 Å². The summed E-state index contributed by atoms with van der Waals surface area (Å²) in [4.78, 5) is 41.4. The summed E-state index contributed by atoms with van der Waals surface area (Å²) in [6.45, 7) is 1.51. The Labute approximate surface area is 202 Å². The number of nitrogens with one attached hydrogen (secondary N) is 1. The van der Waals surface area contributed by atoms with Gasteiger partial charge in [-0.3, -0.25) is 19.5 Å². The second-order valence-corrected chi connectivity index (χ2v) is 9.78. The molecule has 2 aliphatic heterocycles. The largest absolute Gasteiger partial charge is 0.396 e. The highest BCUT2D eigenvalue weighted by molar-refractivity contribution is 5.82. The van der Waals surface area contributed by atoms with E-state index in [2.05, 4.69) is 25.2 Å². The second-order valence-electron chi connectivity index (χ2n) is 9.78. The SMILES string of the molecule is O=C(NCc1ccncn1)[C@H]1[C@H](CO)[C@H]2Cn3c(ccc(-c4ccncc4)c3=O)[C@H]2N1CC1CC1. The molecule has 0 aromatic carbocycles. The third kappa shape index (κ3) is 3.94. The molecule has 0 bridgehead atoms. The van der Waals surface area contributed by atoms with Crippen LogP contribution in [0.4, 0.5) is 0 Å². The van der Waals surface area contributed by atoms with Gasteiger partial charge in [0.25, 0.3) is 5.56 Å². The van der Waals surface area contributed by atoms with Crippen molar-refractivity contribution in [1.82, 2.24) is 29.7 Å². The van der Waals surface area contributed by atoms with Crippen molar-refractivity contribution < 1.29 is 9.90 Å². The van der Waals surface area contributed by atoms with Crippen LogP contribution in [0.2, 0.25) is 0 Å². The van der Waals surface area contributed by atoms with Crippen LogP contribution in [-0.2, 0) is 17.9 Å². The number of likely N-dealkylation sites (tertiary alicyclic amines) is 1. The van der Waals surface area contributed by atoms with Gasteiger partial charge in [-0.25, -0.2) is 9.97 Å². The maximum atomic E-state index is 13.5. The lowest BCUT2D eigenvalue weighted by molar-refractivity contribution is -0.128. The summed E-state index contributed by atoms with van der Waals surface area (Å²) in [5.41, 5.74) is 3.12. The summed E-state index contributed by atoms with van der Waals surface area (Å²) in [5, 5.41) is 13.5. The molecule has 0 unspecified atom stereocenters. The third-order valence-electron chi connectivity index (χ3n) is 7.70. The van der Waals surface area contributed by atoms with E-state index < -0.39 is 6.04 Å². The molecule has 2 fully saturated rings. The average molecular weight is 473 g/mol. The number of carbonyl (C=O) groups excluding carboxylic acids is 1. The van der Waals surface area contributed by atoms with E-state index in [0.717, 1.165) is 36.3 Å². The average Bonchev–Trinajstić information content (AvgIpc) is 3.55. The van der Waals surface area contributed by atoms with E-state index in [0.29, 0.717) is 24.6 Å². The molecular formula is C26H28N6O3. The van der Waals surface area contributed by atoms with Crippen molar-refractivity contribution in [1.29, 1.82) is 0 Å². The number of hydrogen-bond donors (Lipinski definition) is 2. The molecule has 2 N–H and O–H groups in total. The van der Waals surface area contributed by atoms with Gasteiger partial charge in [-0.15, -0.1) is 0 Å².